The zero-order chi connectivity index (χ0) is 20.6. The Balaban J connectivity index is 1.54. The first-order valence-electron chi connectivity index (χ1n) is 10.6. The molecule has 0 spiro atoms. The van der Waals surface area contributed by atoms with Crippen molar-refractivity contribution >= 4 is 43.7 Å². The zero-order valence-corrected chi connectivity index (χ0v) is 17.0. The molecule has 0 atom stereocenters. The summed E-state index contributed by atoms with van der Waals surface area (Å²) in [5.41, 5.74) is 4.68. The van der Waals surface area contributed by atoms with E-state index in [4.69, 9.17) is 0 Å². The van der Waals surface area contributed by atoms with Crippen LogP contribution >= 0.6 is 0 Å². The third-order valence-electron chi connectivity index (χ3n) is 6.02. The van der Waals surface area contributed by atoms with E-state index in [9.17, 15) is 0 Å². The summed E-state index contributed by atoms with van der Waals surface area (Å²) < 4.78 is 0. The maximum atomic E-state index is 3.72. The highest BCUT2D eigenvalue weighted by molar-refractivity contribution is 6.07. The largest absolute Gasteiger partial charge is 0.355 e. The van der Waals surface area contributed by atoms with Crippen LogP contribution in [-0.2, 0) is 0 Å². The molecule has 6 aromatic rings. The van der Waals surface area contributed by atoms with Gasteiger partial charge in [-0.2, -0.15) is 0 Å². The van der Waals surface area contributed by atoms with E-state index < -0.39 is 0 Å². The summed E-state index contributed by atoms with van der Waals surface area (Å²) in [6.45, 7) is 0. The van der Waals surface area contributed by atoms with E-state index in [1.54, 1.807) is 0 Å². The lowest BCUT2D eigenvalue weighted by molar-refractivity contribution is 1.56. The lowest BCUT2D eigenvalue weighted by atomic mass is 9.94. The van der Waals surface area contributed by atoms with Crippen LogP contribution in [0.2, 0.25) is 0 Å². The van der Waals surface area contributed by atoms with Gasteiger partial charge in [0.1, 0.15) is 0 Å². The predicted octanol–water partition coefficient (Wildman–Crippen LogP) is 8.56. The van der Waals surface area contributed by atoms with Gasteiger partial charge in [0, 0.05) is 22.3 Å². The minimum atomic E-state index is 1.11. The van der Waals surface area contributed by atoms with Gasteiger partial charge in [-0.3, -0.25) is 0 Å². The summed E-state index contributed by atoms with van der Waals surface area (Å²) in [6.07, 6.45) is 0. The molecule has 1 heteroatoms. The van der Waals surface area contributed by atoms with Gasteiger partial charge in [0.15, 0.2) is 0 Å². The second kappa shape index (κ2) is 7.30. The lowest BCUT2D eigenvalue weighted by Gasteiger charge is -2.16. The number of rotatable bonds is 3. The summed E-state index contributed by atoms with van der Waals surface area (Å²) in [5.74, 6) is 0. The van der Waals surface area contributed by atoms with E-state index in [2.05, 4.69) is 127 Å². The first-order chi connectivity index (χ1) is 15.4. The molecule has 31 heavy (non-hydrogen) atoms. The Morgan fingerprint density at radius 3 is 1.84 bits per heavy atom. The van der Waals surface area contributed by atoms with Crippen LogP contribution in [0.25, 0.3) is 43.4 Å². The molecule has 0 aromatic heterocycles. The minimum Gasteiger partial charge on any atom is -0.355 e. The lowest BCUT2D eigenvalue weighted by Crippen LogP contribution is -1.94. The maximum absolute atomic E-state index is 3.72. The molecule has 0 aliphatic heterocycles. The fourth-order valence-corrected chi connectivity index (χ4v) is 4.51. The van der Waals surface area contributed by atoms with Crippen molar-refractivity contribution in [3.05, 3.63) is 121 Å². The average Bonchev–Trinajstić information content (AvgIpc) is 2.83. The van der Waals surface area contributed by atoms with E-state index in [1.807, 2.05) is 0 Å². The van der Waals surface area contributed by atoms with E-state index in [-0.39, 0.29) is 0 Å². The first kappa shape index (κ1) is 17.7. The molecule has 0 amide bonds. The highest BCUT2D eigenvalue weighted by Crippen LogP contribution is 2.37. The maximum Gasteiger partial charge on any atom is 0.0464 e. The molecule has 0 radical (unpaired) electrons. The number of para-hydroxylation sites is 1. The number of hydrogen-bond acceptors (Lipinski definition) is 1. The second-order valence-electron chi connectivity index (χ2n) is 7.92. The van der Waals surface area contributed by atoms with Crippen molar-refractivity contribution in [2.24, 2.45) is 0 Å². The summed E-state index contributed by atoms with van der Waals surface area (Å²) in [6, 6.07) is 43.2. The normalized spacial score (nSPS) is 11.2. The standard InChI is InChI=1S/C30H21N/c1-2-11-23-20-28-24(19-22(23)10-1)13-7-16-26(28)27-15-5-6-17-30(27)31-29-18-8-12-21-9-3-4-14-25(21)29/h1-20,31H. The summed E-state index contributed by atoms with van der Waals surface area (Å²) in [4.78, 5) is 0. The molecule has 0 aliphatic carbocycles. The van der Waals surface area contributed by atoms with Crippen LogP contribution in [0.3, 0.4) is 0 Å². The molecule has 0 fully saturated rings. The van der Waals surface area contributed by atoms with Crippen LogP contribution in [0.1, 0.15) is 0 Å². The van der Waals surface area contributed by atoms with Gasteiger partial charge in [0.05, 0.1) is 0 Å². The van der Waals surface area contributed by atoms with Gasteiger partial charge < -0.3 is 5.32 Å². The fourth-order valence-electron chi connectivity index (χ4n) is 4.51. The summed E-state index contributed by atoms with van der Waals surface area (Å²) >= 11 is 0. The molecule has 0 bridgehead atoms. The SMILES string of the molecule is c1ccc(-c2cccc3cc4ccccc4cc23)c(Nc2cccc3ccccc23)c1. The van der Waals surface area contributed by atoms with Crippen LogP contribution in [0.4, 0.5) is 11.4 Å². The Bertz CT molecular complexity index is 1560. The van der Waals surface area contributed by atoms with Gasteiger partial charge in [-0.15, -0.1) is 0 Å². The summed E-state index contributed by atoms with van der Waals surface area (Å²) in [5, 5.41) is 11.2. The van der Waals surface area contributed by atoms with Crippen LogP contribution in [0.5, 0.6) is 0 Å². The van der Waals surface area contributed by atoms with Crippen molar-refractivity contribution in [2.75, 3.05) is 5.32 Å². The van der Waals surface area contributed by atoms with Crippen molar-refractivity contribution in [2.45, 2.75) is 0 Å². The van der Waals surface area contributed by atoms with Crippen molar-refractivity contribution in [3.8, 4) is 11.1 Å². The molecule has 0 saturated heterocycles. The molecule has 6 rings (SSSR count). The molecule has 0 unspecified atom stereocenters. The molecule has 0 saturated carbocycles. The highest BCUT2D eigenvalue weighted by Gasteiger charge is 2.10. The first-order valence-corrected chi connectivity index (χ1v) is 10.6. The predicted molar refractivity (Wildman–Crippen MR) is 134 cm³/mol. The van der Waals surface area contributed by atoms with Crippen LogP contribution in [-0.4, -0.2) is 0 Å². The third kappa shape index (κ3) is 3.12. The Hall–Kier alpha value is -4.10. The van der Waals surface area contributed by atoms with E-state index in [0.717, 1.165) is 11.4 Å². The number of fused-ring (bicyclic) bond motifs is 3. The van der Waals surface area contributed by atoms with Gasteiger partial charge in [-0.05, 0) is 56.8 Å². The Morgan fingerprint density at radius 1 is 0.355 bits per heavy atom. The molecule has 1 N–H and O–H groups in total. The second-order valence-corrected chi connectivity index (χ2v) is 7.92. The van der Waals surface area contributed by atoms with Crippen LogP contribution in [0, 0.1) is 0 Å². The molecule has 0 aliphatic rings. The smallest absolute Gasteiger partial charge is 0.0464 e. The third-order valence-corrected chi connectivity index (χ3v) is 6.02. The van der Waals surface area contributed by atoms with Gasteiger partial charge in [0.25, 0.3) is 0 Å². The van der Waals surface area contributed by atoms with Crippen molar-refractivity contribution in [3.63, 3.8) is 0 Å². The van der Waals surface area contributed by atoms with Crippen molar-refractivity contribution < 1.29 is 0 Å². The molecular formula is C30H21N. The summed E-state index contributed by atoms with van der Waals surface area (Å²) in [7, 11) is 0. The van der Waals surface area contributed by atoms with Gasteiger partial charge >= 0.3 is 0 Å². The Kier molecular flexibility index (Phi) is 4.18. The fraction of sp³-hybridized carbons (Fsp3) is 0. The minimum absolute atomic E-state index is 1.11. The number of benzene rings is 6. The monoisotopic (exact) mass is 395 g/mol. The van der Waals surface area contributed by atoms with Crippen molar-refractivity contribution in [1.29, 1.82) is 0 Å². The number of nitrogens with one attached hydrogen (secondary N) is 1. The van der Waals surface area contributed by atoms with E-state index in [0.29, 0.717) is 0 Å². The molecule has 0 heterocycles. The molecule has 146 valence electrons. The molecule has 1 nitrogen and oxygen atoms in total. The molecule has 6 aromatic carbocycles. The van der Waals surface area contributed by atoms with E-state index >= 15 is 0 Å². The molecular weight excluding hydrogens is 374 g/mol. The van der Waals surface area contributed by atoms with Gasteiger partial charge in [0.2, 0.25) is 0 Å². The highest BCUT2D eigenvalue weighted by atomic mass is 14.9. The number of anilines is 2. The van der Waals surface area contributed by atoms with Gasteiger partial charge in [-0.25, -0.2) is 0 Å². The Labute approximate surface area is 181 Å². The Morgan fingerprint density at radius 2 is 0.935 bits per heavy atom. The van der Waals surface area contributed by atoms with Crippen LogP contribution in [0.15, 0.2) is 121 Å². The van der Waals surface area contributed by atoms with E-state index in [1.165, 1.54) is 43.4 Å². The quantitative estimate of drug-likeness (QED) is 0.296. The zero-order valence-electron chi connectivity index (χ0n) is 17.0. The van der Waals surface area contributed by atoms with Gasteiger partial charge in [-0.1, -0.05) is 97.1 Å². The van der Waals surface area contributed by atoms with Crippen molar-refractivity contribution in [1.82, 2.24) is 0 Å². The average molecular weight is 396 g/mol. The van der Waals surface area contributed by atoms with Crippen LogP contribution < -0.4 is 5.32 Å². The number of hydrogen-bond donors (Lipinski definition) is 1. The topological polar surface area (TPSA) is 12.0 Å².